The molecule has 0 aliphatic carbocycles. The van der Waals surface area contributed by atoms with Crippen LogP contribution in [-0.2, 0) is 24.3 Å². The second kappa shape index (κ2) is 8.66. The highest BCUT2D eigenvalue weighted by Crippen LogP contribution is 2.37. The fourth-order valence-corrected chi connectivity index (χ4v) is 4.34. The maximum absolute atomic E-state index is 12.0. The molecule has 0 saturated carbocycles. The van der Waals surface area contributed by atoms with Crippen molar-refractivity contribution in [3.63, 3.8) is 0 Å². The zero-order valence-corrected chi connectivity index (χ0v) is 16.6. The van der Waals surface area contributed by atoms with E-state index in [0.29, 0.717) is 10.6 Å². The molecule has 1 aromatic carbocycles. The van der Waals surface area contributed by atoms with Gasteiger partial charge in [-0.3, -0.25) is 14.5 Å². The lowest BCUT2D eigenvalue weighted by Gasteiger charge is -2.27. The number of rotatable bonds is 5. The van der Waals surface area contributed by atoms with E-state index in [9.17, 15) is 9.59 Å². The fourth-order valence-electron chi connectivity index (χ4n) is 3.04. The van der Waals surface area contributed by atoms with Crippen LogP contribution >= 0.6 is 23.7 Å². The van der Waals surface area contributed by atoms with Gasteiger partial charge in [-0.2, -0.15) is 0 Å². The molecule has 0 spiro atoms. The summed E-state index contributed by atoms with van der Waals surface area (Å²) in [6.07, 6.45) is 0.772. The Kier molecular flexibility index (Phi) is 6.81. The van der Waals surface area contributed by atoms with Crippen LogP contribution < -0.4 is 11.1 Å². The number of fused-ring (bicyclic) bond motifs is 1. The van der Waals surface area contributed by atoms with Crippen LogP contribution in [0.15, 0.2) is 30.3 Å². The number of nitrogens with two attached hydrogens (primary N) is 1. The molecule has 5 nitrogen and oxygen atoms in total. The smallest absolute Gasteiger partial charge is 0.251 e. The quantitative estimate of drug-likeness (QED) is 0.817. The third kappa shape index (κ3) is 4.44. The molecule has 0 bridgehead atoms. The maximum atomic E-state index is 12.0. The van der Waals surface area contributed by atoms with Crippen LogP contribution in [0.2, 0.25) is 0 Å². The van der Waals surface area contributed by atoms with Crippen LogP contribution in [0, 0.1) is 5.92 Å². The van der Waals surface area contributed by atoms with Crippen LogP contribution in [0.5, 0.6) is 0 Å². The highest BCUT2D eigenvalue weighted by Gasteiger charge is 2.28. The molecule has 0 atom stereocenters. The Labute approximate surface area is 164 Å². The SMILES string of the molecule is CC(C)C(=O)Nc1sc2c(c1C(N)=O)CCN(Cc1ccccc1)C2.Cl. The third-order valence-electron chi connectivity index (χ3n) is 4.39. The second-order valence-electron chi connectivity index (χ2n) is 6.66. The number of amides is 2. The summed E-state index contributed by atoms with van der Waals surface area (Å²) in [6, 6.07) is 10.3. The van der Waals surface area contributed by atoms with Gasteiger partial charge in [0.05, 0.1) is 5.56 Å². The Morgan fingerprint density at radius 1 is 1.27 bits per heavy atom. The molecule has 0 unspecified atom stereocenters. The Bertz CT molecular complexity index is 790. The molecule has 0 radical (unpaired) electrons. The van der Waals surface area contributed by atoms with E-state index in [2.05, 4.69) is 22.3 Å². The van der Waals surface area contributed by atoms with Crippen LogP contribution in [-0.4, -0.2) is 23.3 Å². The number of primary amides is 1. The summed E-state index contributed by atoms with van der Waals surface area (Å²) in [4.78, 5) is 27.5. The summed E-state index contributed by atoms with van der Waals surface area (Å²) in [5, 5.41) is 3.47. The van der Waals surface area contributed by atoms with E-state index in [1.54, 1.807) is 0 Å². The van der Waals surface area contributed by atoms with Crippen molar-refractivity contribution in [2.45, 2.75) is 33.4 Å². The molecule has 2 amide bonds. The van der Waals surface area contributed by atoms with Gasteiger partial charge in [-0.15, -0.1) is 23.7 Å². The van der Waals surface area contributed by atoms with E-state index in [4.69, 9.17) is 5.73 Å². The van der Waals surface area contributed by atoms with E-state index in [1.807, 2.05) is 32.0 Å². The molecule has 26 heavy (non-hydrogen) atoms. The minimum absolute atomic E-state index is 0. The monoisotopic (exact) mass is 393 g/mol. The Morgan fingerprint density at radius 3 is 2.58 bits per heavy atom. The Hall–Kier alpha value is -1.89. The van der Waals surface area contributed by atoms with Gasteiger partial charge in [-0.05, 0) is 17.5 Å². The molecule has 0 fully saturated rings. The van der Waals surface area contributed by atoms with Crippen molar-refractivity contribution in [3.05, 3.63) is 51.9 Å². The zero-order chi connectivity index (χ0) is 18.0. The molecule has 1 aliphatic heterocycles. The highest BCUT2D eigenvalue weighted by molar-refractivity contribution is 7.17. The predicted molar refractivity (Wildman–Crippen MR) is 108 cm³/mol. The minimum Gasteiger partial charge on any atom is -0.365 e. The number of hydrogen-bond acceptors (Lipinski definition) is 4. The van der Waals surface area contributed by atoms with Crippen molar-refractivity contribution in [2.24, 2.45) is 11.7 Å². The van der Waals surface area contributed by atoms with Crippen LogP contribution in [0.4, 0.5) is 5.00 Å². The lowest BCUT2D eigenvalue weighted by molar-refractivity contribution is -0.118. The first-order valence-electron chi connectivity index (χ1n) is 8.47. The Morgan fingerprint density at radius 2 is 1.96 bits per heavy atom. The minimum atomic E-state index is -0.465. The summed E-state index contributed by atoms with van der Waals surface area (Å²) in [6.45, 7) is 6.17. The van der Waals surface area contributed by atoms with E-state index >= 15 is 0 Å². The molecule has 2 heterocycles. The van der Waals surface area contributed by atoms with Crippen LogP contribution in [0.1, 0.15) is 40.2 Å². The topological polar surface area (TPSA) is 75.4 Å². The van der Waals surface area contributed by atoms with Gasteiger partial charge in [0.15, 0.2) is 0 Å². The molecule has 3 rings (SSSR count). The molecule has 3 N–H and O–H groups in total. The van der Waals surface area contributed by atoms with Gasteiger partial charge in [0.25, 0.3) is 5.91 Å². The molecule has 2 aromatic rings. The van der Waals surface area contributed by atoms with Gasteiger partial charge >= 0.3 is 0 Å². The maximum Gasteiger partial charge on any atom is 0.251 e. The molecule has 7 heteroatoms. The number of hydrogen-bond donors (Lipinski definition) is 2. The number of halogens is 1. The summed E-state index contributed by atoms with van der Waals surface area (Å²) in [7, 11) is 0. The highest BCUT2D eigenvalue weighted by atomic mass is 35.5. The van der Waals surface area contributed by atoms with Crippen molar-refractivity contribution >= 4 is 40.6 Å². The van der Waals surface area contributed by atoms with Crippen molar-refractivity contribution in [3.8, 4) is 0 Å². The van der Waals surface area contributed by atoms with Gasteiger partial charge in [-0.1, -0.05) is 44.2 Å². The predicted octanol–water partition coefficient (Wildman–Crippen LogP) is 3.42. The fraction of sp³-hybridized carbons (Fsp3) is 0.368. The molecule has 1 aliphatic rings. The molecule has 140 valence electrons. The Balaban J connectivity index is 0.00000243. The number of nitrogens with one attached hydrogen (secondary N) is 1. The van der Waals surface area contributed by atoms with Crippen molar-refractivity contribution < 1.29 is 9.59 Å². The summed E-state index contributed by atoms with van der Waals surface area (Å²) < 4.78 is 0. The van der Waals surface area contributed by atoms with Gasteiger partial charge in [0, 0.05) is 30.4 Å². The van der Waals surface area contributed by atoms with E-state index in [-0.39, 0.29) is 24.2 Å². The summed E-state index contributed by atoms with van der Waals surface area (Å²) >= 11 is 1.48. The number of carbonyl (C=O) groups excluding carboxylic acids is 2. The first-order valence-corrected chi connectivity index (χ1v) is 9.29. The van der Waals surface area contributed by atoms with E-state index in [1.165, 1.54) is 16.9 Å². The van der Waals surface area contributed by atoms with Gasteiger partial charge < -0.3 is 11.1 Å². The third-order valence-corrected chi connectivity index (χ3v) is 5.52. The average molecular weight is 394 g/mol. The van der Waals surface area contributed by atoms with Crippen LogP contribution in [0.25, 0.3) is 0 Å². The van der Waals surface area contributed by atoms with Gasteiger partial charge in [-0.25, -0.2) is 0 Å². The van der Waals surface area contributed by atoms with Gasteiger partial charge in [0.2, 0.25) is 5.91 Å². The molecular formula is C19H24ClN3O2S. The molecular weight excluding hydrogens is 370 g/mol. The average Bonchev–Trinajstić information content (AvgIpc) is 2.92. The first kappa shape index (κ1) is 20.4. The second-order valence-corrected chi connectivity index (χ2v) is 7.77. The van der Waals surface area contributed by atoms with Crippen LogP contribution in [0.3, 0.4) is 0 Å². The largest absolute Gasteiger partial charge is 0.365 e. The number of nitrogens with zero attached hydrogens (tertiary/aromatic N) is 1. The van der Waals surface area contributed by atoms with Crippen molar-refractivity contribution in [1.29, 1.82) is 0 Å². The van der Waals surface area contributed by atoms with Crippen molar-refractivity contribution in [2.75, 3.05) is 11.9 Å². The lowest BCUT2D eigenvalue weighted by Crippen LogP contribution is -2.30. The lowest BCUT2D eigenvalue weighted by atomic mass is 10.0. The zero-order valence-electron chi connectivity index (χ0n) is 15.0. The number of carbonyl (C=O) groups is 2. The van der Waals surface area contributed by atoms with E-state index < -0.39 is 5.91 Å². The number of benzene rings is 1. The summed E-state index contributed by atoms with van der Waals surface area (Å²) in [5.74, 6) is -0.704. The standard InChI is InChI=1S/C19H23N3O2S.ClH/c1-12(2)18(24)21-19-16(17(20)23)14-8-9-22(11-15(14)25-19)10-13-6-4-3-5-7-13;/h3-7,12H,8-11H2,1-2H3,(H2,20,23)(H,21,24);1H. The normalized spacial score (nSPS) is 13.8. The number of thiophene rings is 1. The van der Waals surface area contributed by atoms with Crippen molar-refractivity contribution in [1.82, 2.24) is 4.90 Å². The van der Waals surface area contributed by atoms with Gasteiger partial charge in [0.1, 0.15) is 5.00 Å². The summed E-state index contributed by atoms with van der Waals surface area (Å²) in [5.41, 5.74) is 8.36. The first-order chi connectivity index (χ1) is 12.0. The van der Waals surface area contributed by atoms with E-state index in [0.717, 1.165) is 36.5 Å². The number of anilines is 1. The molecule has 1 aromatic heterocycles. The molecule has 0 saturated heterocycles.